The number of rotatable bonds is 7. The van der Waals surface area contributed by atoms with E-state index in [0.29, 0.717) is 16.6 Å². The zero-order valence-electron chi connectivity index (χ0n) is 12.3. The van der Waals surface area contributed by atoms with Crippen LogP contribution in [0.3, 0.4) is 0 Å². The number of hydrogen-bond donors (Lipinski definition) is 2. The van der Waals surface area contributed by atoms with Crippen molar-refractivity contribution in [2.75, 3.05) is 6.54 Å². The average molecular weight is 329 g/mol. The molecule has 0 amide bonds. The molecule has 0 fully saturated rings. The molecule has 0 saturated heterocycles. The van der Waals surface area contributed by atoms with Crippen LogP contribution in [-0.2, 0) is 30.2 Å². The molecule has 0 saturated carbocycles. The molecule has 2 aromatic heterocycles. The first-order valence-electron chi connectivity index (χ1n) is 6.56. The summed E-state index contributed by atoms with van der Waals surface area (Å²) in [5, 5.41) is 10.8. The highest BCUT2D eigenvalue weighted by molar-refractivity contribution is 7.91. The summed E-state index contributed by atoms with van der Waals surface area (Å²) in [4.78, 5) is 1.04. The highest BCUT2D eigenvalue weighted by Crippen LogP contribution is 2.25. The van der Waals surface area contributed by atoms with E-state index < -0.39 is 10.0 Å². The zero-order chi connectivity index (χ0) is 15.5. The van der Waals surface area contributed by atoms with Crippen LogP contribution in [0.2, 0.25) is 0 Å². The summed E-state index contributed by atoms with van der Waals surface area (Å²) >= 11 is 1.29. The Bertz CT molecular complexity index is 705. The Balaban J connectivity index is 2.10. The molecular weight excluding hydrogens is 310 g/mol. The number of aryl methyl sites for hydroxylation is 2. The molecule has 0 aliphatic heterocycles. The Labute approximate surface area is 128 Å². The molecule has 2 aromatic rings. The first-order valence-corrected chi connectivity index (χ1v) is 8.86. The minimum absolute atomic E-state index is 0.123. The molecule has 116 valence electrons. The normalized spacial score (nSPS) is 12.0. The third-order valence-electron chi connectivity index (χ3n) is 3.02. The molecule has 7 nitrogen and oxygen atoms in total. The lowest BCUT2D eigenvalue weighted by atomic mass is 10.3. The fourth-order valence-electron chi connectivity index (χ4n) is 1.73. The first kappa shape index (κ1) is 16.1. The molecule has 0 aromatic carbocycles. The van der Waals surface area contributed by atoms with Gasteiger partial charge >= 0.3 is 0 Å². The van der Waals surface area contributed by atoms with Gasteiger partial charge in [-0.2, -0.15) is 0 Å². The number of thiophene rings is 1. The van der Waals surface area contributed by atoms with Crippen molar-refractivity contribution < 1.29 is 8.42 Å². The van der Waals surface area contributed by atoms with Gasteiger partial charge in [-0.25, -0.2) is 13.1 Å². The summed E-state index contributed by atoms with van der Waals surface area (Å²) < 4.78 is 29.2. The topological polar surface area (TPSA) is 88.9 Å². The van der Waals surface area contributed by atoms with Crippen LogP contribution in [0, 0.1) is 6.92 Å². The van der Waals surface area contributed by atoms with Crippen molar-refractivity contribution in [1.29, 1.82) is 0 Å². The van der Waals surface area contributed by atoms with E-state index in [2.05, 4.69) is 20.2 Å². The predicted molar refractivity (Wildman–Crippen MR) is 81.5 cm³/mol. The van der Waals surface area contributed by atoms with Gasteiger partial charge in [-0.05, 0) is 25.1 Å². The summed E-state index contributed by atoms with van der Waals surface area (Å²) in [6, 6.07) is 1.70. The number of sulfonamides is 1. The van der Waals surface area contributed by atoms with Crippen molar-refractivity contribution in [1.82, 2.24) is 24.8 Å². The lowest BCUT2D eigenvalue weighted by molar-refractivity contribution is 0.579. The van der Waals surface area contributed by atoms with Gasteiger partial charge in [0, 0.05) is 18.5 Å². The van der Waals surface area contributed by atoms with Crippen LogP contribution in [0.4, 0.5) is 0 Å². The fraction of sp³-hybridized carbons (Fsp3) is 0.500. The minimum atomic E-state index is -3.52. The summed E-state index contributed by atoms with van der Waals surface area (Å²) in [7, 11) is -1.75. The maximum absolute atomic E-state index is 12.3. The molecule has 0 spiro atoms. The fourth-order valence-corrected chi connectivity index (χ4v) is 4.32. The summed E-state index contributed by atoms with van der Waals surface area (Å²) in [5.41, 5.74) is 0.986. The Morgan fingerprint density at radius 3 is 2.76 bits per heavy atom. The van der Waals surface area contributed by atoms with Crippen LogP contribution >= 0.6 is 11.3 Å². The van der Waals surface area contributed by atoms with Crippen molar-refractivity contribution in [2.24, 2.45) is 7.05 Å². The van der Waals surface area contributed by atoms with Crippen molar-refractivity contribution in [3.63, 3.8) is 0 Å². The molecule has 2 rings (SSSR count). The Morgan fingerprint density at radius 1 is 1.38 bits per heavy atom. The Kier molecular flexibility index (Phi) is 5.09. The van der Waals surface area contributed by atoms with Gasteiger partial charge in [-0.15, -0.1) is 21.5 Å². The van der Waals surface area contributed by atoms with E-state index in [1.54, 1.807) is 17.7 Å². The van der Waals surface area contributed by atoms with Gasteiger partial charge in [-0.1, -0.05) is 6.92 Å². The van der Waals surface area contributed by atoms with Gasteiger partial charge in [0.1, 0.15) is 16.4 Å². The maximum atomic E-state index is 12.3. The third-order valence-corrected chi connectivity index (χ3v) is 6.14. The van der Waals surface area contributed by atoms with E-state index in [1.807, 2.05) is 13.8 Å². The predicted octanol–water partition coefficient (Wildman–Crippen LogP) is 0.773. The van der Waals surface area contributed by atoms with Gasteiger partial charge in [0.25, 0.3) is 0 Å². The number of nitrogens with one attached hydrogen (secondary N) is 2. The van der Waals surface area contributed by atoms with Crippen LogP contribution in [0.5, 0.6) is 0 Å². The Hall–Kier alpha value is -1.29. The van der Waals surface area contributed by atoms with E-state index in [-0.39, 0.29) is 6.54 Å². The molecule has 0 aliphatic carbocycles. The van der Waals surface area contributed by atoms with Crippen LogP contribution in [0.25, 0.3) is 0 Å². The van der Waals surface area contributed by atoms with Crippen LogP contribution in [-0.4, -0.2) is 29.7 Å². The molecule has 0 unspecified atom stereocenters. The molecular formula is C12H19N5O2S2. The summed E-state index contributed by atoms with van der Waals surface area (Å²) in [5.74, 6) is 0.569. The van der Waals surface area contributed by atoms with Gasteiger partial charge in [0.15, 0.2) is 0 Å². The smallest absolute Gasteiger partial charge is 0.250 e. The Morgan fingerprint density at radius 2 is 2.14 bits per heavy atom. The van der Waals surface area contributed by atoms with E-state index in [9.17, 15) is 8.42 Å². The molecule has 21 heavy (non-hydrogen) atoms. The molecule has 9 heteroatoms. The lowest BCUT2D eigenvalue weighted by Gasteiger charge is -2.04. The van der Waals surface area contributed by atoms with Crippen molar-refractivity contribution >= 4 is 21.4 Å². The molecule has 0 atom stereocenters. The molecule has 2 heterocycles. The SMILES string of the molecule is CCNCc1sc(S(=O)(=O)NCc2nncn2C)cc1C. The summed E-state index contributed by atoms with van der Waals surface area (Å²) in [6.45, 7) is 5.60. The lowest BCUT2D eigenvalue weighted by Crippen LogP contribution is -2.24. The number of nitrogens with zero attached hydrogens (tertiary/aromatic N) is 3. The first-order chi connectivity index (χ1) is 9.94. The van der Waals surface area contributed by atoms with E-state index in [0.717, 1.165) is 17.0 Å². The minimum Gasteiger partial charge on any atom is -0.320 e. The second kappa shape index (κ2) is 6.65. The monoisotopic (exact) mass is 329 g/mol. The second-order valence-electron chi connectivity index (χ2n) is 4.63. The zero-order valence-corrected chi connectivity index (χ0v) is 13.9. The summed E-state index contributed by atoms with van der Waals surface area (Å²) in [6.07, 6.45) is 1.54. The molecule has 0 radical (unpaired) electrons. The molecule has 2 N–H and O–H groups in total. The van der Waals surface area contributed by atoms with Gasteiger partial charge in [-0.3, -0.25) is 0 Å². The number of aromatic nitrogens is 3. The van der Waals surface area contributed by atoms with Crippen LogP contribution in [0.1, 0.15) is 23.2 Å². The highest BCUT2D eigenvalue weighted by Gasteiger charge is 2.19. The quantitative estimate of drug-likeness (QED) is 0.783. The van der Waals surface area contributed by atoms with E-state index >= 15 is 0 Å². The van der Waals surface area contributed by atoms with Crippen LogP contribution < -0.4 is 10.0 Å². The number of hydrogen-bond acceptors (Lipinski definition) is 6. The third kappa shape index (κ3) is 3.88. The van der Waals surface area contributed by atoms with Gasteiger partial charge < -0.3 is 9.88 Å². The van der Waals surface area contributed by atoms with Crippen molar-refractivity contribution in [3.05, 3.63) is 28.7 Å². The standard InChI is InChI=1S/C12H19N5O2S2/c1-4-13-6-10-9(2)5-12(20-10)21(18,19)15-7-11-16-14-8-17(11)3/h5,8,13,15H,4,6-7H2,1-3H3. The average Bonchev–Trinajstić information content (AvgIpc) is 3.01. The van der Waals surface area contributed by atoms with E-state index in [4.69, 9.17) is 0 Å². The van der Waals surface area contributed by atoms with Gasteiger partial charge in [0.05, 0.1) is 6.54 Å². The molecule has 0 aliphatic rings. The maximum Gasteiger partial charge on any atom is 0.250 e. The van der Waals surface area contributed by atoms with Crippen molar-refractivity contribution in [2.45, 2.75) is 31.1 Å². The highest BCUT2D eigenvalue weighted by atomic mass is 32.2. The van der Waals surface area contributed by atoms with E-state index in [1.165, 1.54) is 17.7 Å². The molecule has 0 bridgehead atoms. The van der Waals surface area contributed by atoms with Gasteiger partial charge in [0.2, 0.25) is 10.0 Å². The van der Waals surface area contributed by atoms with Crippen LogP contribution in [0.15, 0.2) is 16.6 Å². The second-order valence-corrected chi connectivity index (χ2v) is 7.77. The van der Waals surface area contributed by atoms with Crippen molar-refractivity contribution in [3.8, 4) is 0 Å². The largest absolute Gasteiger partial charge is 0.320 e.